The van der Waals surface area contributed by atoms with E-state index in [1.807, 2.05) is 33.4 Å². The van der Waals surface area contributed by atoms with E-state index in [1.165, 1.54) is 21.6 Å². The maximum atomic E-state index is 13.0. The number of aliphatic carboxylic acids is 2. The topological polar surface area (TPSA) is 143 Å². The van der Waals surface area contributed by atoms with Gasteiger partial charge in [-0.05, 0) is 33.7 Å². The van der Waals surface area contributed by atoms with Crippen molar-refractivity contribution < 1.29 is 29.4 Å². The second-order valence-corrected chi connectivity index (χ2v) is 9.94. The number of carbonyl (C=O) groups excluding carboxylic acids is 2. The quantitative estimate of drug-likeness (QED) is 0.244. The molecular formula is C24H22N4O6S2. The van der Waals surface area contributed by atoms with Crippen LogP contribution in [0.4, 0.5) is 0 Å². The second kappa shape index (κ2) is 10.4. The Balaban J connectivity index is 1.76. The summed E-state index contributed by atoms with van der Waals surface area (Å²) in [4.78, 5) is 48.0. The van der Waals surface area contributed by atoms with Gasteiger partial charge in [-0.25, -0.2) is 0 Å². The summed E-state index contributed by atoms with van der Waals surface area (Å²) in [6, 6.07) is 14.6. The minimum absolute atomic E-state index is 0.336. The van der Waals surface area contributed by atoms with E-state index in [9.17, 15) is 19.2 Å². The van der Waals surface area contributed by atoms with Crippen molar-refractivity contribution in [2.75, 3.05) is 13.1 Å². The number of carbonyl (C=O) groups is 4. The van der Waals surface area contributed by atoms with E-state index in [1.54, 1.807) is 38.4 Å². The van der Waals surface area contributed by atoms with Gasteiger partial charge in [-0.15, -0.1) is 0 Å². The van der Waals surface area contributed by atoms with Gasteiger partial charge in [0, 0.05) is 35.9 Å². The van der Waals surface area contributed by atoms with E-state index in [2.05, 4.69) is 10.6 Å². The van der Waals surface area contributed by atoms with E-state index in [0.29, 0.717) is 32.0 Å². The summed E-state index contributed by atoms with van der Waals surface area (Å²) in [5.41, 5.74) is 2.25. The lowest BCUT2D eigenvalue weighted by Gasteiger charge is -2.10. The van der Waals surface area contributed by atoms with Crippen LogP contribution in [-0.2, 0) is 23.7 Å². The van der Waals surface area contributed by atoms with Crippen molar-refractivity contribution >= 4 is 67.1 Å². The fraction of sp³-hybridized carbons (Fsp3) is 0.167. The molecule has 0 fully saturated rings. The molecule has 4 rings (SSSR count). The smallest absolute Gasteiger partial charge is 0.322 e. The molecule has 0 unspecified atom stereocenters. The maximum absolute atomic E-state index is 13.0. The lowest BCUT2D eigenvalue weighted by atomic mass is 10.1. The van der Waals surface area contributed by atoms with Crippen molar-refractivity contribution in [2.45, 2.75) is 10.1 Å². The zero-order chi connectivity index (χ0) is 26.0. The lowest BCUT2D eigenvalue weighted by Crippen LogP contribution is -2.29. The predicted octanol–water partition coefficient (Wildman–Crippen LogP) is 3.10. The highest BCUT2D eigenvalue weighted by molar-refractivity contribution is 8.76. The summed E-state index contributed by atoms with van der Waals surface area (Å²) in [5, 5.41) is 25.4. The van der Waals surface area contributed by atoms with E-state index < -0.39 is 36.8 Å². The van der Waals surface area contributed by atoms with Crippen LogP contribution in [0.2, 0.25) is 0 Å². The Morgan fingerprint density at radius 1 is 0.694 bits per heavy atom. The Kier molecular flexibility index (Phi) is 7.27. The first-order valence-electron chi connectivity index (χ1n) is 10.7. The zero-order valence-corrected chi connectivity index (χ0v) is 20.9. The van der Waals surface area contributed by atoms with Crippen molar-refractivity contribution in [3.05, 3.63) is 59.7 Å². The van der Waals surface area contributed by atoms with Gasteiger partial charge in [0.05, 0.1) is 21.2 Å². The number of nitrogens with zero attached hydrogens (tertiary/aromatic N) is 2. The fourth-order valence-corrected chi connectivity index (χ4v) is 6.74. The first-order chi connectivity index (χ1) is 17.2. The number of rotatable bonds is 9. The first kappa shape index (κ1) is 25.2. The lowest BCUT2D eigenvalue weighted by molar-refractivity contribution is -0.136. The highest BCUT2D eigenvalue weighted by Crippen LogP contribution is 2.45. The monoisotopic (exact) mass is 526 g/mol. The minimum Gasteiger partial charge on any atom is -0.480 e. The molecular weight excluding hydrogens is 504 g/mol. The molecule has 2 aromatic carbocycles. The third-order valence-corrected chi connectivity index (χ3v) is 8.11. The van der Waals surface area contributed by atoms with Crippen LogP contribution in [0.3, 0.4) is 0 Å². The SMILES string of the molecule is Cn1c(SSc2c(C(=O)NCC(=O)O)c3ccccc3n2C)c(C(=O)NCC(=O)O)c2ccccc21. The molecule has 2 amide bonds. The number of hydrogen-bond acceptors (Lipinski definition) is 6. The van der Waals surface area contributed by atoms with Gasteiger partial charge in [-0.3, -0.25) is 19.2 Å². The molecule has 0 atom stereocenters. The number of para-hydroxylation sites is 2. The molecule has 2 heterocycles. The van der Waals surface area contributed by atoms with Gasteiger partial charge in [0.1, 0.15) is 13.1 Å². The van der Waals surface area contributed by atoms with Crippen molar-refractivity contribution in [3.8, 4) is 0 Å². The Labute approximate surface area is 213 Å². The van der Waals surface area contributed by atoms with E-state index in [4.69, 9.17) is 10.2 Å². The molecule has 0 radical (unpaired) electrons. The molecule has 10 nitrogen and oxygen atoms in total. The average Bonchev–Trinajstić information content (AvgIpc) is 3.30. The normalized spacial score (nSPS) is 11.1. The zero-order valence-electron chi connectivity index (χ0n) is 19.3. The number of hydrogen-bond donors (Lipinski definition) is 4. The highest BCUT2D eigenvalue weighted by Gasteiger charge is 2.26. The van der Waals surface area contributed by atoms with Crippen LogP contribution in [0, 0.1) is 0 Å². The van der Waals surface area contributed by atoms with Crippen LogP contribution >= 0.6 is 21.6 Å². The third-order valence-electron chi connectivity index (χ3n) is 5.56. The number of fused-ring (bicyclic) bond motifs is 2. The van der Waals surface area contributed by atoms with Gasteiger partial charge in [-0.1, -0.05) is 36.4 Å². The Hall–Kier alpha value is -3.90. The summed E-state index contributed by atoms with van der Waals surface area (Å²) in [5.74, 6) is -3.35. The fourth-order valence-electron chi connectivity index (χ4n) is 3.94. The molecule has 0 aliphatic carbocycles. The van der Waals surface area contributed by atoms with Gasteiger partial charge in [-0.2, -0.15) is 0 Å². The Morgan fingerprint density at radius 3 is 1.42 bits per heavy atom. The molecule has 12 heteroatoms. The largest absolute Gasteiger partial charge is 0.480 e. The summed E-state index contributed by atoms with van der Waals surface area (Å²) in [6.45, 7) is -1.03. The molecule has 0 bridgehead atoms. The van der Waals surface area contributed by atoms with E-state index >= 15 is 0 Å². The predicted molar refractivity (Wildman–Crippen MR) is 137 cm³/mol. The van der Waals surface area contributed by atoms with Crippen LogP contribution in [0.15, 0.2) is 58.6 Å². The molecule has 0 aliphatic rings. The van der Waals surface area contributed by atoms with Gasteiger partial charge in [0.25, 0.3) is 11.8 Å². The van der Waals surface area contributed by atoms with Crippen molar-refractivity contribution in [1.29, 1.82) is 0 Å². The first-order valence-corrected chi connectivity index (χ1v) is 12.8. The maximum Gasteiger partial charge on any atom is 0.322 e. The summed E-state index contributed by atoms with van der Waals surface area (Å²) < 4.78 is 3.69. The molecule has 0 spiro atoms. The molecule has 4 aromatic rings. The summed E-state index contributed by atoms with van der Waals surface area (Å²) >= 11 is 0. The Morgan fingerprint density at radius 2 is 1.06 bits per heavy atom. The van der Waals surface area contributed by atoms with Gasteiger partial charge >= 0.3 is 11.9 Å². The molecule has 186 valence electrons. The number of benzene rings is 2. The van der Waals surface area contributed by atoms with Crippen LogP contribution in [0.1, 0.15) is 20.7 Å². The Bertz CT molecular complexity index is 1410. The molecule has 2 aromatic heterocycles. The second-order valence-electron chi connectivity index (χ2n) is 7.83. The number of amides is 2. The van der Waals surface area contributed by atoms with Crippen LogP contribution in [0.25, 0.3) is 21.8 Å². The minimum atomic E-state index is -1.15. The van der Waals surface area contributed by atoms with Crippen LogP contribution < -0.4 is 10.6 Å². The van der Waals surface area contributed by atoms with Crippen molar-refractivity contribution in [2.24, 2.45) is 14.1 Å². The van der Waals surface area contributed by atoms with Crippen LogP contribution in [-0.4, -0.2) is 56.2 Å². The molecule has 0 saturated carbocycles. The van der Waals surface area contributed by atoms with E-state index in [-0.39, 0.29) is 0 Å². The number of aryl methyl sites for hydroxylation is 2. The van der Waals surface area contributed by atoms with E-state index in [0.717, 1.165) is 11.0 Å². The molecule has 0 aliphatic heterocycles. The van der Waals surface area contributed by atoms with Gasteiger partial charge < -0.3 is 30.0 Å². The van der Waals surface area contributed by atoms with Crippen LogP contribution in [0.5, 0.6) is 0 Å². The van der Waals surface area contributed by atoms with Crippen molar-refractivity contribution in [3.63, 3.8) is 0 Å². The van der Waals surface area contributed by atoms with Gasteiger partial charge in [0.2, 0.25) is 0 Å². The summed E-state index contributed by atoms with van der Waals surface area (Å²) in [7, 11) is 6.12. The average molecular weight is 527 g/mol. The molecule has 4 N–H and O–H groups in total. The number of carboxylic acid groups (broad SMARTS) is 2. The molecule has 0 saturated heterocycles. The molecule has 36 heavy (non-hydrogen) atoms. The third kappa shape index (κ3) is 4.77. The van der Waals surface area contributed by atoms with Gasteiger partial charge in [0.15, 0.2) is 0 Å². The number of carboxylic acids is 2. The summed E-state index contributed by atoms with van der Waals surface area (Å²) in [6.07, 6.45) is 0. The standard InChI is InChI=1S/C24H22N4O6S2/c1-27-15-9-5-3-7-13(15)19(21(33)25-11-17(29)30)23(27)35-36-24-20(22(34)26-12-18(31)32)14-8-4-6-10-16(14)28(24)2/h3-10H,11-12H2,1-2H3,(H,25,33)(H,26,34)(H,29,30)(H,31,32). The number of aromatic nitrogens is 2. The highest BCUT2D eigenvalue weighted by atomic mass is 33.1. The number of nitrogens with one attached hydrogen (secondary N) is 2. The van der Waals surface area contributed by atoms with Crippen molar-refractivity contribution in [1.82, 2.24) is 19.8 Å².